The van der Waals surface area contributed by atoms with Gasteiger partial charge in [-0.15, -0.1) is 0 Å². The van der Waals surface area contributed by atoms with Crippen molar-refractivity contribution in [2.24, 2.45) is 0 Å². The van der Waals surface area contributed by atoms with Crippen molar-refractivity contribution >= 4 is 17.2 Å². The van der Waals surface area contributed by atoms with Crippen molar-refractivity contribution in [3.63, 3.8) is 0 Å². The number of amides is 1. The van der Waals surface area contributed by atoms with Gasteiger partial charge in [0.15, 0.2) is 5.65 Å². The standard InChI is InChI=1S/C28H31N5O2/c1-19-9-5-6-10-22(19)17-23-20(2)30-27-24(18-29-33(27)21(23)3)28(34)32-15-13-31(14-16-32)25-11-7-8-12-26(25)35-4/h5-12,18H,13-17H2,1-4H3. The van der Waals surface area contributed by atoms with E-state index >= 15 is 0 Å². The Labute approximate surface area is 206 Å². The molecule has 1 amide bonds. The second kappa shape index (κ2) is 9.41. The summed E-state index contributed by atoms with van der Waals surface area (Å²) in [6.45, 7) is 8.98. The number of carbonyl (C=O) groups excluding carboxylic acids is 1. The van der Waals surface area contributed by atoms with E-state index in [1.54, 1.807) is 13.3 Å². The fraction of sp³-hybridized carbons (Fsp3) is 0.321. The molecule has 3 heterocycles. The first kappa shape index (κ1) is 22.9. The molecule has 7 heteroatoms. The van der Waals surface area contributed by atoms with E-state index in [4.69, 9.17) is 9.72 Å². The normalized spacial score (nSPS) is 13.9. The minimum absolute atomic E-state index is 0.0161. The van der Waals surface area contributed by atoms with Crippen LogP contribution in [0.4, 0.5) is 5.69 Å². The fourth-order valence-corrected chi connectivity index (χ4v) is 4.93. The minimum atomic E-state index is -0.0161. The van der Waals surface area contributed by atoms with E-state index in [0.717, 1.165) is 47.9 Å². The van der Waals surface area contributed by atoms with Crippen LogP contribution in [0.5, 0.6) is 5.75 Å². The van der Waals surface area contributed by atoms with Crippen molar-refractivity contribution < 1.29 is 9.53 Å². The Hall–Kier alpha value is -3.87. The number of hydrogen-bond acceptors (Lipinski definition) is 5. The van der Waals surface area contributed by atoms with Crippen LogP contribution in [0.2, 0.25) is 0 Å². The highest BCUT2D eigenvalue weighted by Crippen LogP contribution is 2.29. The summed E-state index contributed by atoms with van der Waals surface area (Å²) in [6, 6.07) is 16.4. The van der Waals surface area contributed by atoms with Crippen LogP contribution >= 0.6 is 0 Å². The van der Waals surface area contributed by atoms with Gasteiger partial charge in [0, 0.05) is 44.0 Å². The van der Waals surface area contributed by atoms with Gasteiger partial charge in [0.1, 0.15) is 11.3 Å². The topological polar surface area (TPSA) is 63.0 Å². The van der Waals surface area contributed by atoms with Crippen LogP contribution in [0.15, 0.2) is 54.7 Å². The number of rotatable bonds is 5. The van der Waals surface area contributed by atoms with Crippen LogP contribution in [-0.4, -0.2) is 58.7 Å². The molecule has 0 spiro atoms. The third-order valence-corrected chi connectivity index (χ3v) is 7.06. The Morgan fingerprint density at radius 3 is 2.43 bits per heavy atom. The first-order chi connectivity index (χ1) is 17.0. The molecule has 0 saturated carbocycles. The van der Waals surface area contributed by atoms with Crippen molar-refractivity contribution in [2.75, 3.05) is 38.2 Å². The molecule has 0 aliphatic carbocycles. The summed E-state index contributed by atoms with van der Waals surface area (Å²) in [5.41, 5.74) is 7.90. The van der Waals surface area contributed by atoms with E-state index in [9.17, 15) is 4.79 Å². The molecular weight excluding hydrogens is 438 g/mol. The smallest absolute Gasteiger partial charge is 0.259 e. The van der Waals surface area contributed by atoms with Gasteiger partial charge in [-0.2, -0.15) is 5.10 Å². The summed E-state index contributed by atoms with van der Waals surface area (Å²) in [5.74, 6) is 0.837. The van der Waals surface area contributed by atoms with Crippen molar-refractivity contribution in [3.8, 4) is 5.75 Å². The number of hydrogen-bond donors (Lipinski definition) is 0. The van der Waals surface area contributed by atoms with Crippen LogP contribution in [0, 0.1) is 20.8 Å². The van der Waals surface area contributed by atoms with E-state index in [1.165, 1.54) is 11.1 Å². The highest BCUT2D eigenvalue weighted by molar-refractivity contribution is 5.99. The monoisotopic (exact) mass is 469 g/mol. The van der Waals surface area contributed by atoms with Gasteiger partial charge in [-0.05, 0) is 49.6 Å². The maximum atomic E-state index is 13.5. The number of carbonyl (C=O) groups is 1. The summed E-state index contributed by atoms with van der Waals surface area (Å²) in [7, 11) is 1.69. The Balaban J connectivity index is 1.37. The first-order valence-corrected chi connectivity index (χ1v) is 12.0. The third kappa shape index (κ3) is 4.22. The largest absolute Gasteiger partial charge is 0.495 e. The van der Waals surface area contributed by atoms with Crippen LogP contribution in [-0.2, 0) is 6.42 Å². The summed E-state index contributed by atoms with van der Waals surface area (Å²) in [4.78, 5) is 22.5. The van der Waals surface area contributed by atoms with E-state index in [-0.39, 0.29) is 5.91 Å². The van der Waals surface area contributed by atoms with E-state index in [1.807, 2.05) is 34.5 Å². The Morgan fingerprint density at radius 1 is 0.971 bits per heavy atom. The maximum Gasteiger partial charge on any atom is 0.259 e. The number of aromatic nitrogens is 3. The molecule has 1 fully saturated rings. The second-order valence-corrected chi connectivity index (χ2v) is 9.11. The predicted octanol–water partition coefficient (Wildman–Crippen LogP) is 4.22. The quantitative estimate of drug-likeness (QED) is 0.438. The molecule has 2 aromatic carbocycles. The lowest BCUT2D eigenvalue weighted by atomic mass is 9.99. The minimum Gasteiger partial charge on any atom is -0.495 e. The molecular formula is C28H31N5O2. The van der Waals surface area contributed by atoms with Crippen molar-refractivity contribution in [3.05, 3.63) is 88.4 Å². The number of ether oxygens (including phenoxy) is 1. The highest BCUT2D eigenvalue weighted by Gasteiger charge is 2.27. The zero-order chi connectivity index (χ0) is 24.5. The molecule has 0 bridgehead atoms. The SMILES string of the molecule is COc1ccccc1N1CCN(C(=O)c2cnn3c(C)c(Cc4ccccc4C)c(C)nc23)CC1. The molecule has 35 heavy (non-hydrogen) atoms. The molecule has 7 nitrogen and oxygen atoms in total. The average Bonchev–Trinajstić information content (AvgIpc) is 3.31. The molecule has 180 valence electrons. The summed E-state index contributed by atoms with van der Waals surface area (Å²) < 4.78 is 7.33. The van der Waals surface area contributed by atoms with Crippen molar-refractivity contribution in [1.29, 1.82) is 0 Å². The second-order valence-electron chi connectivity index (χ2n) is 9.11. The lowest BCUT2D eigenvalue weighted by molar-refractivity contribution is 0.0748. The molecule has 5 rings (SSSR count). The molecule has 4 aromatic rings. The number of aryl methyl sites for hydroxylation is 3. The van der Waals surface area contributed by atoms with E-state index in [2.05, 4.69) is 54.2 Å². The number of anilines is 1. The van der Waals surface area contributed by atoms with Gasteiger partial charge in [0.25, 0.3) is 5.91 Å². The first-order valence-electron chi connectivity index (χ1n) is 12.0. The molecule has 1 aliphatic rings. The van der Waals surface area contributed by atoms with E-state index < -0.39 is 0 Å². The van der Waals surface area contributed by atoms with Crippen LogP contribution in [0.1, 0.15) is 38.4 Å². The molecule has 0 atom stereocenters. The lowest BCUT2D eigenvalue weighted by Gasteiger charge is -2.36. The Kier molecular flexibility index (Phi) is 6.16. The zero-order valence-electron chi connectivity index (χ0n) is 20.8. The summed E-state index contributed by atoms with van der Waals surface area (Å²) >= 11 is 0. The van der Waals surface area contributed by atoms with Gasteiger partial charge in [0.05, 0.1) is 19.0 Å². The molecule has 1 aliphatic heterocycles. The lowest BCUT2D eigenvalue weighted by Crippen LogP contribution is -2.48. The average molecular weight is 470 g/mol. The van der Waals surface area contributed by atoms with Gasteiger partial charge in [-0.3, -0.25) is 4.79 Å². The highest BCUT2D eigenvalue weighted by atomic mass is 16.5. The molecule has 1 saturated heterocycles. The fourth-order valence-electron chi connectivity index (χ4n) is 4.93. The Bertz CT molecular complexity index is 1390. The third-order valence-electron chi connectivity index (χ3n) is 7.06. The van der Waals surface area contributed by atoms with Crippen LogP contribution in [0.3, 0.4) is 0 Å². The van der Waals surface area contributed by atoms with Gasteiger partial charge >= 0.3 is 0 Å². The number of methoxy groups -OCH3 is 1. The van der Waals surface area contributed by atoms with Crippen molar-refractivity contribution in [1.82, 2.24) is 19.5 Å². The number of para-hydroxylation sites is 2. The van der Waals surface area contributed by atoms with Crippen molar-refractivity contribution in [2.45, 2.75) is 27.2 Å². The number of benzene rings is 2. The number of fused-ring (bicyclic) bond motifs is 1. The van der Waals surface area contributed by atoms with Gasteiger partial charge < -0.3 is 14.5 Å². The van der Waals surface area contributed by atoms with Gasteiger partial charge in [-0.25, -0.2) is 9.50 Å². The number of nitrogens with zero attached hydrogens (tertiary/aromatic N) is 5. The predicted molar refractivity (Wildman–Crippen MR) is 138 cm³/mol. The van der Waals surface area contributed by atoms with Crippen LogP contribution in [0.25, 0.3) is 5.65 Å². The van der Waals surface area contributed by atoms with Crippen LogP contribution < -0.4 is 9.64 Å². The molecule has 0 radical (unpaired) electrons. The summed E-state index contributed by atoms with van der Waals surface area (Å²) in [6.07, 6.45) is 2.46. The Morgan fingerprint density at radius 2 is 1.69 bits per heavy atom. The zero-order valence-corrected chi connectivity index (χ0v) is 20.8. The van der Waals surface area contributed by atoms with Gasteiger partial charge in [-0.1, -0.05) is 36.4 Å². The van der Waals surface area contributed by atoms with Gasteiger partial charge in [0.2, 0.25) is 0 Å². The summed E-state index contributed by atoms with van der Waals surface area (Å²) in [5, 5.41) is 4.56. The van der Waals surface area contributed by atoms with E-state index in [0.29, 0.717) is 24.3 Å². The molecule has 0 unspecified atom stereocenters. The number of piperazine rings is 1. The molecule has 0 N–H and O–H groups in total. The maximum absolute atomic E-state index is 13.5. The molecule has 2 aromatic heterocycles.